The van der Waals surface area contributed by atoms with Crippen molar-refractivity contribution in [2.24, 2.45) is 5.10 Å². The number of benzene rings is 2. The molecule has 0 saturated carbocycles. The second-order valence-electron chi connectivity index (χ2n) is 5.35. The summed E-state index contributed by atoms with van der Waals surface area (Å²) in [5.41, 5.74) is 5.05. The summed E-state index contributed by atoms with van der Waals surface area (Å²) in [6, 6.07) is 9.06. The van der Waals surface area contributed by atoms with Crippen LogP contribution in [-0.4, -0.2) is 25.8 Å². The Bertz CT molecular complexity index is 786. The minimum absolute atomic E-state index is 0.135. The number of hydrogen-bond donors (Lipinski definition) is 1. The largest absolute Gasteiger partial charge is 0.496 e. The van der Waals surface area contributed by atoms with Crippen molar-refractivity contribution in [3.8, 4) is 11.5 Å². The number of ether oxygens (including phenoxy) is 2. The van der Waals surface area contributed by atoms with E-state index < -0.39 is 0 Å². The molecule has 5 nitrogen and oxygen atoms in total. The molecule has 0 saturated heterocycles. The lowest BCUT2D eigenvalue weighted by Gasteiger charge is -2.09. The Kier molecular flexibility index (Phi) is 6.84. The number of methoxy groups -OCH3 is 1. The van der Waals surface area contributed by atoms with Crippen LogP contribution < -0.4 is 14.9 Å². The molecule has 0 unspecified atom stereocenters. The van der Waals surface area contributed by atoms with E-state index in [2.05, 4.69) is 26.5 Å². The summed E-state index contributed by atoms with van der Waals surface area (Å²) in [5.74, 6) is 0.967. The van der Waals surface area contributed by atoms with Gasteiger partial charge in [-0.15, -0.1) is 0 Å². The van der Waals surface area contributed by atoms with E-state index in [1.54, 1.807) is 25.5 Å². The average Bonchev–Trinajstić information content (AvgIpc) is 2.58. The van der Waals surface area contributed by atoms with Crippen molar-refractivity contribution in [1.29, 1.82) is 0 Å². The van der Waals surface area contributed by atoms with Gasteiger partial charge in [0, 0.05) is 5.02 Å². The zero-order chi connectivity index (χ0) is 18.4. The van der Waals surface area contributed by atoms with Gasteiger partial charge in [0.1, 0.15) is 11.5 Å². The van der Waals surface area contributed by atoms with Crippen LogP contribution in [0.2, 0.25) is 5.02 Å². The number of nitrogens with one attached hydrogen (secondary N) is 1. The van der Waals surface area contributed by atoms with Crippen LogP contribution in [-0.2, 0) is 4.79 Å². The maximum atomic E-state index is 11.8. The van der Waals surface area contributed by atoms with Crippen LogP contribution in [0.5, 0.6) is 11.5 Å². The van der Waals surface area contributed by atoms with E-state index in [4.69, 9.17) is 21.1 Å². The molecule has 7 heteroatoms. The molecule has 1 N–H and O–H groups in total. The number of rotatable bonds is 6. The van der Waals surface area contributed by atoms with Gasteiger partial charge in [-0.2, -0.15) is 5.10 Å². The van der Waals surface area contributed by atoms with E-state index >= 15 is 0 Å². The van der Waals surface area contributed by atoms with Crippen LogP contribution in [0.25, 0.3) is 0 Å². The minimum atomic E-state index is -0.353. The van der Waals surface area contributed by atoms with E-state index in [1.165, 1.54) is 0 Å². The quantitative estimate of drug-likeness (QED) is 0.556. The third-order valence-electron chi connectivity index (χ3n) is 3.36. The Hall–Kier alpha value is -2.05. The van der Waals surface area contributed by atoms with E-state index in [-0.39, 0.29) is 12.5 Å². The highest BCUT2D eigenvalue weighted by atomic mass is 79.9. The summed E-state index contributed by atoms with van der Waals surface area (Å²) in [6.07, 6.45) is 1.54. The maximum Gasteiger partial charge on any atom is 0.277 e. The number of hydrazone groups is 1. The van der Waals surface area contributed by atoms with Crippen molar-refractivity contribution < 1.29 is 14.3 Å². The van der Waals surface area contributed by atoms with Crippen molar-refractivity contribution in [3.63, 3.8) is 0 Å². The number of halogens is 2. The molecule has 0 fully saturated rings. The van der Waals surface area contributed by atoms with E-state index in [9.17, 15) is 4.79 Å². The number of nitrogens with zero attached hydrogens (tertiary/aromatic N) is 1. The maximum absolute atomic E-state index is 11.8. The molecule has 0 aliphatic rings. The lowest BCUT2D eigenvalue weighted by atomic mass is 10.1. The van der Waals surface area contributed by atoms with Gasteiger partial charge in [0.25, 0.3) is 5.91 Å². The topological polar surface area (TPSA) is 59.9 Å². The molecule has 132 valence electrons. The highest BCUT2D eigenvalue weighted by Gasteiger charge is 2.06. The van der Waals surface area contributed by atoms with Gasteiger partial charge in [-0.05, 0) is 76.8 Å². The first kappa shape index (κ1) is 19.3. The minimum Gasteiger partial charge on any atom is -0.496 e. The van der Waals surface area contributed by atoms with Crippen molar-refractivity contribution in [1.82, 2.24) is 5.43 Å². The van der Waals surface area contributed by atoms with Gasteiger partial charge < -0.3 is 9.47 Å². The van der Waals surface area contributed by atoms with Gasteiger partial charge in [-0.3, -0.25) is 4.79 Å². The van der Waals surface area contributed by atoms with Crippen LogP contribution in [0.15, 0.2) is 39.9 Å². The molecule has 2 aromatic rings. The summed E-state index contributed by atoms with van der Waals surface area (Å²) in [4.78, 5) is 11.8. The number of amides is 1. The molecular weight excluding hydrogens is 408 g/mol. The Labute approximate surface area is 160 Å². The predicted octanol–water partition coefficient (Wildman–Crippen LogP) is 4.26. The SMILES string of the molecule is COc1ccc(/C=N/NC(=O)COc2cc(C)c(Cl)c(C)c2)cc1Br. The summed E-state index contributed by atoms with van der Waals surface area (Å²) in [5, 5.41) is 4.61. The number of aryl methyl sites for hydroxylation is 2. The molecule has 0 heterocycles. The Morgan fingerprint density at radius 3 is 2.56 bits per heavy atom. The van der Waals surface area contributed by atoms with Gasteiger partial charge >= 0.3 is 0 Å². The molecule has 0 bridgehead atoms. The van der Waals surface area contributed by atoms with Gasteiger partial charge in [-0.25, -0.2) is 5.43 Å². The highest BCUT2D eigenvalue weighted by molar-refractivity contribution is 9.10. The summed E-state index contributed by atoms with van der Waals surface area (Å²) in [6.45, 7) is 3.64. The lowest BCUT2D eigenvalue weighted by Crippen LogP contribution is -2.24. The Balaban J connectivity index is 1.87. The Morgan fingerprint density at radius 2 is 1.96 bits per heavy atom. The number of carbonyl (C=O) groups is 1. The van der Waals surface area contributed by atoms with Crippen LogP contribution in [0.4, 0.5) is 0 Å². The Morgan fingerprint density at radius 1 is 1.28 bits per heavy atom. The molecule has 25 heavy (non-hydrogen) atoms. The molecule has 1 amide bonds. The second kappa shape index (κ2) is 8.87. The van der Waals surface area contributed by atoms with Crippen molar-refractivity contribution in [3.05, 3.63) is 56.5 Å². The predicted molar refractivity (Wildman–Crippen MR) is 103 cm³/mol. The second-order valence-corrected chi connectivity index (χ2v) is 6.58. The van der Waals surface area contributed by atoms with Gasteiger partial charge in [-0.1, -0.05) is 11.6 Å². The number of carbonyl (C=O) groups excluding carboxylic acids is 1. The van der Waals surface area contributed by atoms with Crippen molar-refractivity contribution >= 4 is 39.7 Å². The van der Waals surface area contributed by atoms with Gasteiger partial charge in [0.2, 0.25) is 0 Å². The van der Waals surface area contributed by atoms with Crippen LogP contribution >= 0.6 is 27.5 Å². The summed E-state index contributed by atoms with van der Waals surface area (Å²) < 4.78 is 11.4. The van der Waals surface area contributed by atoms with Crippen molar-refractivity contribution in [2.75, 3.05) is 13.7 Å². The number of hydrogen-bond acceptors (Lipinski definition) is 4. The first-order valence-electron chi connectivity index (χ1n) is 7.45. The molecule has 0 spiro atoms. The lowest BCUT2D eigenvalue weighted by molar-refractivity contribution is -0.123. The third-order valence-corrected chi connectivity index (χ3v) is 4.57. The first-order chi connectivity index (χ1) is 11.9. The fraction of sp³-hybridized carbons (Fsp3) is 0.222. The average molecular weight is 426 g/mol. The molecule has 0 aliphatic heterocycles. The fourth-order valence-corrected chi connectivity index (χ4v) is 2.78. The summed E-state index contributed by atoms with van der Waals surface area (Å²) in [7, 11) is 1.59. The van der Waals surface area contributed by atoms with E-state index in [0.29, 0.717) is 10.8 Å². The smallest absolute Gasteiger partial charge is 0.277 e. The zero-order valence-electron chi connectivity index (χ0n) is 14.1. The third kappa shape index (κ3) is 5.47. The molecule has 2 aromatic carbocycles. The van der Waals surface area contributed by atoms with Crippen molar-refractivity contribution in [2.45, 2.75) is 13.8 Å². The molecule has 0 radical (unpaired) electrons. The van der Waals surface area contributed by atoms with Crippen LogP contribution in [0.3, 0.4) is 0 Å². The monoisotopic (exact) mass is 424 g/mol. The van der Waals surface area contributed by atoms with E-state index in [1.807, 2.05) is 32.0 Å². The summed E-state index contributed by atoms with van der Waals surface area (Å²) >= 11 is 9.50. The first-order valence-corrected chi connectivity index (χ1v) is 8.62. The van der Waals surface area contributed by atoms with E-state index in [0.717, 1.165) is 26.9 Å². The fourth-order valence-electron chi connectivity index (χ4n) is 2.11. The van der Waals surface area contributed by atoms with Crippen LogP contribution in [0, 0.1) is 13.8 Å². The molecular formula is C18H18BrClN2O3. The highest BCUT2D eigenvalue weighted by Crippen LogP contribution is 2.26. The molecule has 0 aliphatic carbocycles. The standard InChI is InChI=1S/C18H18BrClN2O3/c1-11-6-14(7-12(2)18(11)20)25-10-17(23)22-21-9-13-4-5-16(24-3)15(19)8-13/h4-9H,10H2,1-3H3,(H,22,23)/b21-9+. The normalized spacial score (nSPS) is 10.8. The van der Waals surface area contributed by atoms with Gasteiger partial charge in [0.05, 0.1) is 17.8 Å². The van der Waals surface area contributed by atoms with Crippen LogP contribution in [0.1, 0.15) is 16.7 Å². The molecule has 0 atom stereocenters. The molecule has 0 aromatic heterocycles. The zero-order valence-corrected chi connectivity index (χ0v) is 16.4. The van der Waals surface area contributed by atoms with Gasteiger partial charge in [0.15, 0.2) is 6.61 Å². The molecule has 2 rings (SSSR count).